The highest BCUT2D eigenvalue weighted by atomic mass is 19.4. The Balaban J connectivity index is 2.81. The standard InChI is InChI=1S/C13H15F3N2O3/c1-12(11(20)21,13(14,15)16)18-10(19)9(17)7-8-5-3-2-4-6-8/h2-6,9H,7,17H2,1H3,(H,18,19)(H,20,21)/t9-,12?/m0/s1. The van der Waals surface area contributed by atoms with E-state index in [0.717, 1.165) is 0 Å². The Morgan fingerprint density at radius 3 is 2.24 bits per heavy atom. The number of hydrogen-bond acceptors (Lipinski definition) is 3. The minimum Gasteiger partial charge on any atom is -0.479 e. The summed E-state index contributed by atoms with van der Waals surface area (Å²) in [5.74, 6) is -3.38. The second-order valence-electron chi connectivity index (χ2n) is 4.71. The van der Waals surface area contributed by atoms with Crippen molar-refractivity contribution >= 4 is 11.9 Å². The molecule has 0 saturated heterocycles. The molecule has 0 spiro atoms. The van der Waals surface area contributed by atoms with E-state index < -0.39 is 29.6 Å². The zero-order chi connectivity index (χ0) is 16.3. The third-order valence-corrected chi connectivity index (χ3v) is 3.00. The number of carboxylic acid groups (broad SMARTS) is 1. The van der Waals surface area contributed by atoms with E-state index in [1.165, 1.54) is 5.32 Å². The van der Waals surface area contributed by atoms with E-state index in [1.54, 1.807) is 30.3 Å². The monoisotopic (exact) mass is 304 g/mol. The van der Waals surface area contributed by atoms with Crippen LogP contribution in [-0.4, -0.2) is 34.7 Å². The molecular weight excluding hydrogens is 289 g/mol. The van der Waals surface area contributed by atoms with Crippen LogP contribution in [0.4, 0.5) is 13.2 Å². The van der Waals surface area contributed by atoms with Crippen LogP contribution in [0.25, 0.3) is 0 Å². The molecule has 0 aliphatic carbocycles. The number of nitrogens with two attached hydrogens (primary N) is 1. The van der Waals surface area contributed by atoms with Gasteiger partial charge in [0.1, 0.15) is 0 Å². The number of nitrogens with one attached hydrogen (secondary N) is 1. The third kappa shape index (κ3) is 3.94. The molecule has 1 aromatic rings. The molecule has 5 nitrogen and oxygen atoms in total. The molecule has 116 valence electrons. The smallest absolute Gasteiger partial charge is 0.422 e. The number of rotatable bonds is 5. The molecule has 2 atom stereocenters. The molecule has 0 aromatic heterocycles. The number of carbonyl (C=O) groups excluding carboxylic acids is 1. The van der Waals surface area contributed by atoms with Gasteiger partial charge in [-0.1, -0.05) is 30.3 Å². The van der Waals surface area contributed by atoms with Crippen molar-refractivity contribution in [3.05, 3.63) is 35.9 Å². The largest absolute Gasteiger partial charge is 0.479 e. The quantitative estimate of drug-likeness (QED) is 0.759. The van der Waals surface area contributed by atoms with Crippen LogP contribution in [0.1, 0.15) is 12.5 Å². The van der Waals surface area contributed by atoms with Crippen molar-refractivity contribution in [1.29, 1.82) is 0 Å². The van der Waals surface area contributed by atoms with Gasteiger partial charge in [-0.3, -0.25) is 4.79 Å². The van der Waals surface area contributed by atoms with Crippen LogP contribution in [0, 0.1) is 0 Å². The number of carbonyl (C=O) groups is 2. The molecule has 1 unspecified atom stereocenters. The van der Waals surface area contributed by atoms with Crippen LogP contribution >= 0.6 is 0 Å². The lowest BCUT2D eigenvalue weighted by atomic mass is 10.00. The van der Waals surface area contributed by atoms with E-state index in [2.05, 4.69) is 0 Å². The minimum atomic E-state index is -5.14. The van der Waals surface area contributed by atoms with E-state index in [1.807, 2.05) is 0 Å². The molecular formula is C13H15F3N2O3. The molecule has 1 rings (SSSR count). The topological polar surface area (TPSA) is 92.4 Å². The lowest BCUT2D eigenvalue weighted by Gasteiger charge is -2.29. The fraction of sp³-hybridized carbons (Fsp3) is 0.385. The maximum Gasteiger partial charge on any atom is 0.422 e. The summed E-state index contributed by atoms with van der Waals surface area (Å²) < 4.78 is 38.3. The Hall–Kier alpha value is -2.09. The molecule has 0 aliphatic heterocycles. The van der Waals surface area contributed by atoms with Crippen LogP contribution in [0.15, 0.2) is 30.3 Å². The van der Waals surface area contributed by atoms with E-state index in [4.69, 9.17) is 10.8 Å². The van der Waals surface area contributed by atoms with E-state index in [9.17, 15) is 22.8 Å². The van der Waals surface area contributed by atoms with Crippen molar-refractivity contribution in [2.24, 2.45) is 5.73 Å². The van der Waals surface area contributed by atoms with Gasteiger partial charge in [0.2, 0.25) is 11.4 Å². The Kier molecular flexibility index (Phi) is 4.95. The third-order valence-electron chi connectivity index (χ3n) is 3.00. The molecule has 4 N–H and O–H groups in total. The zero-order valence-electron chi connectivity index (χ0n) is 11.1. The molecule has 0 bridgehead atoms. The Labute approximate surface area is 118 Å². The van der Waals surface area contributed by atoms with Gasteiger partial charge in [-0.15, -0.1) is 0 Å². The number of alkyl halides is 3. The second-order valence-corrected chi connectivity index (χ2v) is 4.71. The molecule has 1 aromatic carbocycles. The van der Waals surface area contributed by atoms with Crippen LogP contribution in [0.5, 0.6) is 0 Å². The minimum absolute atomic E-state index is 0.000228. The Bertz CT molecular complexity index is 519. The predicted octanol–water partition coefficient (Wildman–Crippen LogP) is 1.08. The molecule has 0 radical (unpaired) electrons. The van der Waals surface area contributed by atoms with E-state index in [-0.39, 0.29) is 6.42 Å². The number of carboxylic acids is 1. The highest BCUT2D eigenvalue weighted by Gasteiger charge is 2.58. The van der Waals surface area contributed by atoms with Gasteiger partial charge in [-0.25, -0.2) is 4.79 Å². The van der Waals surface area contributed by atoms with Gasteiger partial charge in [-0.05, 0) is 18.9 Å². The van der Waals surface area contributed by atoms with Crippen molar-refractivity contribution in [3.63, 3.8) is 0 Å². The molecule has 0 heterocycles. The van der Waals surface area contributed by atoms with Gasteiger partial charge in [0.05, 0.1) is 6.04 Å². The maximum atomic E-state index is 12.8. The van der Waals surface area contributed by atoms with E-state index >= 15 is 0 Å². The number of aliphatic carboxylic acids is 1. The normalized spacial score (nSPS) is 15.9. The van der Waals surface area contributed by atoms with Crippen molar-refractivity contribution < 1.29 is 27.9 Å². The van der Waals surface area contributed by atoms with Crippen LogP contribution in [0.2, 0.25) is 0 Å². The first-order valence-corrected chi connectivity index (χ1v) is 5.99. The first-order valence-electron chi connectivity index (χ1n) is 5.99. The highest BCUT2D eigenvalue weighted by molar-refractivity contribution is 5.90. The van der Waals surface area contributed by atoms with Gasteiger partial charge in [0.25, 0.3) is 0 Å². The van der Waals surface area contributed by atoms with Crippen molar-refractivity contribution in [1.82, 2.24) is 5.32 Å². The first kappa shape index (κ1) is 17.0. The fourth-order valence-electron chi connectivity index (χ4n) is 1.55. The van der Waals surface area contributed by atoms with Crippen molar-refractivity contribution in [3.8, 4) is 0 Å². The summed E-state index contributed by atoms with van der Waals surface area (Å²) in [6.45, 7) is 0.377. The van der Waals surface area contributed by atoms with Gasteiger partial charge >= 0.3 is 12.1 Å². The van der Waals surface area contributed by atoms with Gasteiger partial charge < -0.3 is 16.2 Å². The lowest BCUT2D eigenvalue weighted by Crippen LogP contribution is -2.64. The summed E-state index contributed by atoms with van der Waals surface area (Å²) in [6, 6.07) is 7.16. The molecule has 21 heavy (non-hydrogen) atoms. The predicted molar refractivity (Wildman–Crippen MR) is 68.4 cm³/mol. The van der Waals surface area contributed by atoms with Gasteiger partial charge in [-0.2, -0.15) is 13.2 Å². The van der Waals surface area contributed by atoms with Gasteiger partial charge in [0.15, 0.2) is 0 Å². The fourth-order valence-corrected chi connectivity index (χ4v) is 1.55. The SMILES string of the molecule is CC(NC(=O)[C@@H](N)Cc1ccccc1)(C(=O)O)C(F)(F)F. The number of benzene rings is 1. The second kappa shape index (κ2) is 6.13. The number of halogens is 3. The molecule has 0 aliphatic rings. The van der Waals surface area contributed by atoms with Crippen molar-refractivity contribution in [2.75, 3.05) is 0 Å². The Morgan fingerprint density at radius 2 is 1.81 bits per heavy atom. The van der Waals surface area contributed by atoms with Crippen LogP contribution < -0.4 is 11.1 Å². The summed E-state index contributed by atoms with van der Waals surface area (Å²) in [5.41, 5.74) is 2.81. The van der Waals surface area contributed by atoms with E-state index in [0.29, 0.717) is 12.5 Å². The van der Waals surface area contributed by atoms with Gasteiger partial charge in [0, 0.05) is 0 Å². The lowest BCUT2D eigenvalue weighted by molar-refractivity contribution is -0.207. The molecule has 8 heteroatoms. The van der Waals surface area contributed by atoms with Crippen molar-refractivity contribution in [2.45, 2.75) is 31.1 Å². The van der Waals surface area contributed by atoms with Crippen LogP contribution in [-0.2, 0) is 16.0 Å². The first-order chi connectivity index (χ1) is 9.58. The Morgan fingerprint density at radius 1 is 1.29 bits per heavy atom. The zero-order valence-corrected chi connectivity index (χ0v) is 11.1. The average Bonchev–Trinajstić information content (AvgIpc) is 2.38. The highest BCUT2D eigenvalue weighted by Crippen LogP contribution is 2.30. The molecule has 0 fully saturated rings. The molecule has 0 saturated carbocycles. The van der Waals surface area contributed by atoms with Crippen LogP contribution in [0.3, 0.4) is 0 Å². The summed E-state index contributed by atoms with van der Waals surface area (Å²) in [6.07, 6.45) is -5.14. The number of amides is 1. The maximum absolute atomic E-state index is 12.8. The average molecular weight is 304 g/mol. The summed E-state index contributed by atoms with van der Waals surface area (Å²) in [7, 11) is 0. The number of hydrogen-bond donors (Lipinski definition) is 3. The molecule has 1 amide bonds. The summed E-state index contributed by atoms with van der Waals surface area (Å²) in [5, 5.41) is 10.2. The summed E-state index contributed by atoms with van der Waals surface area (Å²) >= 11 is 0. The summed E-state index contributed by atoms with van der Waals surface area (Å²) in [4.78, 5) is 22.5.